The van der Waals surface area contributed by atoms with Gasteiger partial charge in [-0.1, -0.05) is 53.9 Å². The molecule has 19 heavy (non-hydrogen) atoms. The van der Waals surface area contributed by atoms with Gasteiger partial charge in [0.2, 0.25) is 0 Å². The van der Waals surface area contributed by atoms with Gasteiger partial charge in [-0.05, 0) is 30.4 Å². The third-order valence-corrected chi connectivity index (χ3v) is 5.14. The first-order chi connectivity index (χ1) is 9.15. The molecular formula is C15H12Cl2OS. The van der Waals surface area contributed by atoms with Crippen molar-refractivity contribution in [1.82, 2.24) is 0 Å². The number of hydrogen-bond donors (Lipinski definition) is 0. The molecule has 2 aromatic rings. The second-order valence-electron chi connectivity index (χ2n) is 4.82. The van der Waals surface area contributed by atoms with Crippen LogP contribution in [0.4, 0.5) is 0 Å². The fraction of sp³-hybridized carbons (Fsp3) is 0.267. The lowest BCUT2D eigenvalue weighted by atomic mass is 9.80. The van der Waals surface area contributed by atoms with Crippen LogP contribution in [0.1, 0.15) is 46.7 Å². The molecule has 0 saturated heterocycles. The Morgan fingerprint density at radius 1 is 1.16 bits per heavy atom. The van der Waals surface area contributed by atoms with Crippen LogP contribution < -0.4 is 0 Å². The van der Waals surface area contributed by atoms with Crippen molar-refractivity contribution in [1.29, 1.82) is 0 Å². The van der Waals surface area contributed by atoms with E-state index in [2.05, 4.69) is 12.1 Å². The van der Waals surface area contributed by atoms with Gasteiger partial charge in [0.05, 0.1) is 9.90 Å². The average Bonchev–Trinajstić information content (AvgIpc) is 2.66. The standard InChI is InChI=1S/C15H12Cl2OS/c16-13-8-12(15(17)19-13)14(18)11-6-4-10(5-7-11)9-2-1-3-9/h4-9H,1-3H2. The largest absolute Gasteiger partial charge is 0.289 e. The normalized spacial score (nSPS) is 15.3. The summed E-state index contributed by atoms with van der Waals surface area (Å²) in [5.41, 5.74) is 2.49. The minimum absolute atomic E-state index is 0.0618. The van der Waals surface area contributed by atoms with Gasteiger partial charge in [-0.3, -0.25) is 4.79 Å². The fourth-order valence-electron chi connectivity index (χ4n) is 2.30. The zero-order valence-corrected chi connectivity index (χ0v) is 12.5. The molecule has 0 amide bonds. The molecule has 1 saturated carbocycles. The summed E-state index contributed by atoms with van der Waals surface area (Å²) < 4.78 is 0.998. The Balaban J connectivity index is 1.85. The molecule has 1 aliphatic carbocycles. The summed E-state index contributed by atoms with van der Waals surface area (Å²) >= 11 is 13.1. The Labute approximate surface area is 126 Å². The average molecular weight is 311 g/mol. The molecule has 98 valence electrons. The number of ketones is 1. The number of benzene rings is 1. The van der Waals surface area contributed by atoms with Crippen LogP contribution in [0, 0.1) is 0 Å². The number of rotatable bonds is 3. The summed E-state index contributed by atoms with van der Waals surface area (Å²) in [4.78, 5) is 12.3. The van der Waals surface area contributed by atoms with Gasteiger partial charge in [0.15, 0.2) is 5.78 Å². The van der Waals surface area contributed by atoms with Gasteiger partial charge < -0.3 is 0 Å². The Kier molecular flexibility index (Phi) is 3.66. The van der Waals surface area contributed by atoms with E-state index in [1.165, 1.54) is 36.2 Å². The predicted octanol–water partition coefficient (Wildman–Crippen LogP) is 5.55. The van der Waals surface area contributed by atoms with E-state index in [1.807, 2.05) is 12.1 Å². The first-order valence-electron chi connectivity index (χ1n) is 6.24. The third kappa shape index (κ3) is 2.58. The molecule has 1 aromatic heterocycles. The van der Waals surface area contributed by atoms with Crippen LogP contribution in [-0.2, 0) is 0 Å². The minimum atomic E-state index is -0.0618. The van der Waals surface area contributed by atoms with Crippen molar-refractivity contribution in [3.05, 3.63) is 55.7 Å². The number of carbonyl (C=O) groups excluding carboxylic acids is 1. The number of thiophene rings is 1. The zero-order chi connectivity index (χ0) is 13.4. The summed E-state index contributed by atoms with van der Waals surface area (Å²) in [7, 11) is 0. The molecule has 0 atom stereocenters. The Morgan fingerprint density at radius 2 is 1.84 bits per heavy atom. The van der Waals surface area contributed by atoms with Crippen LogP contribution in [0.3, 0.4) is 0 Å². The zero-order valence-electron chi connectivity index (χ0n) is 10.2. The topological polar surface area (TPSA) is 17.1 Å². The number of halogens is 2. The summed E-state index contributed by atoms with van der Waals surface area (Å²) in [6, 6.07) is 9.52. The molecule has 4 heteroatoms. The maximum Gasteiger partial charge on any atom is 0.195 e. The van der Waals surface area contributed by atoms with Crippen LogP contribution in [0.2, 0.25) is 8.67 Å². The van der Waals surface area contributed by atoms with Crippen molar-refractivity contribution in [2.45, 2.75) is 25.2 Å². The summed E-state index contributed by atoms with van der Waals surface area (Å²) in [5.74, 6) is 0.622. The molecule has 0 spiro atoms. The van der Waals surface area contributed by atoms with E-state index in [4.69, 9.17) is 23.2 Å². The van der Waals surface area contributed by atoms with E-state index >= 15 is 0 Å². The molecule has 0 aliphatic heterocycles. The van der Waals surface area contributed by atoms with Crippen molar-refractivity contribution in [2.75, 3.05) is 0 Å². The van der Waals surface area contributed by atoms with Gasteiger partial charge in [-0.15, -0.1) is 11.3 Å². The second-order valence-corrected chi connectivity index (χ2v) is 7.10. The Morgan fingerprint density at radius 3 is 2.32 bits per heavy atom. The highest BCUT2D eigenvalue weighted by Crippen LogP contribution is 2.37. The van der Waals surface area contributed by atoms with Crippen molar-refractivity contribution in [3.63, 3.8) is 0 Å². The van der Waals surface area contributed by atoms with Gasteiger partial charge in [-0.2, -0.15) is 0 Å². The smallest absolute Gasteiger partial charge is 0.195 e. The minimum Gasteiger partial charge on any atom is -0.289 e. The SMILES string of the molecule is O=C(c1ccc(C2CCC2)cc1)c1cc(Cl)sc1Cl. The quantitative estimate of drug-likeness (QED) is 0.679. The summed E-state index contributed by atoms with van der Waals surface area (Å²) in [6.45, 7) is 0. The van der Waals surface area contributed by atoms with Crippen molar-refractivity contribution in [2.24, 2.45) is 0 Å². The number of carbonyl (C=O) groups is 1. The first-order valence-corrected chi connectivity index (χ1v) is 7.82. The van der Waals surface area contributed by atoms with Crippen molar-refractivity contribution < 1.29 is 4.79 Å². The summed E-state index contributed by atoms with van der Waals surface area (Å²) in [5, 5.41) is 0. The van der Waals surface area contributed by atoms with E-state index in [9.17, 15) is 4.79 Å². The van der Waals surface area contributed by atoms with Gasteiger partial charge in [0.1, 0.15) is 4.34 Å². The van der Waals surface area contributed by atoms with Crippen LogP contribution in [0.5, 0.6) is 0 Å². The first kappa shape index (κ1) is 13.2. The van der Waals surface area contributed by atoms with Crippen molar-refractivity contribution in [3.8, 4) is 0 Å². The molecule has 0 bridgehead atoms. The highest BCUT2D eigenvalue weighted by Gasteiger charge is 2.20. The van der Waals surface area contributed by atoms with E-state index < -0.39 is 0 Å². The van der Waals surface area contributed by atoms with E-state index in [0.717, 1.165) is 0 Å². The maximum absolute atomic E-state index is 12.3. The molecule has 1 aromatic carbocycles. The van der Waals surface area contributed by atoms with Crippen molar-refractivity contribution >= 4 is 40.3 Å². The van der Waals surface area contributed by atoms with Crippen LogP contribution in [0.25, 0.3) is 0 Å². The fourth-order valence-corrected chi connectivity index (χ4v) is 3.76. The van der Waals surface area contributed by atoms with Crippen LogP contribution in [-0.4, -0.2) is 5.78 Å². The van der Waals surface area contributed by atoms with E-state index in [-0.39, 0.29) is 5.78 Å². The molecule has 0 N–H and O–H groups in total. The summed E-state index contributed by atoms with van der Waals surface area (Å²) in [6.07, 6.45) is 3.84. The lowest BCUT2D eigenvalue weighted by molar-refractivity contribution is 0.103. The Hall–Kier alpha value is -0.830. The van der Waals surface area contributed by atoms with Gasteiger partial charge in [-0.25, -0.2) is 0 Å². The highest BCUT2D eigenvalue weighted by atomic mass is 35.5. The molecule has 1 nitrogen and oxygen atoms in total. The van der Waals surface area contributed by atoms with Gasteiger partial charge in [0.25, 0.3) is 0 Å². The van der Waals surface area contributed by atoms with E-state index in [1.54, 1.807) is 6.07 Å². The molecule has 1 aliphatic rings. The molecule has 1 heterocycles. The monoisotopic (exact) mass is 310 g/mol. The predicted molar refractivity (Wildman–Crippen MR) is 80.8 cm³/mol. The maximum atomic E-state index is 12.3. The Bertz CT molecular complexity index is 612. The third-order valence-electron chi connectivity index (χ3n) is 3.65. The molecule has 0 radical (unpaired) electrons. The second kappa shape index (κ2) is 5.28. The molecule has 3 rings (SSSR count). The lowest BCUT2D eigenvalue weighted by Crippen LogP contribution is -2.09. The van der Waals surface area contributed by atoms with Crippen LogP contribution >= 0.6 is 34.5 Å². The molecule has 1 fully saturated rings. The van der Waals surface area contributed by atoms with E-state index in [0.29, 0.717) is 25.7 Å². The van der Waals surface area contributed by atoms with Crippen LogP contribution in [0.15, 0.2) is 30.3 Å². The van der Waals surface area contributed by atoms with Gasteiger partial charge in [0, 0.05) is 5.56 Å². The number of hydrogen-bond acceptors (Lipinski definition) is 2. The lowest BCUT2D eigenvalue weighted by Gasteiger charge is -2.25. The highest BCUT2D eigenvalue weighted by molar-refractivity contribution is 7.20. The molecular weight excluding hydrogens is 299 g/mol. The van der Waals surface area contributed by atoms with Gasteiger partial charge >= 0.3 is 0 Å². The molecule has 0 unspecified atom stereocenters.